The number of ether oxygens (including phenoxy) is 2. The number of amides is 1. The minimum atomic E-state index is -4.13. The topological polar surface area (TPSA) is 103 Å². The maximum absolute atomic E-state index is 11.4. The second-order valence-electron chi connectivity index (χ2n) is 4.30. The van der Waals surface area contributed by atoms with E-state index >= 15 is 0 Å². The number of methoxy groups -OCH3 is 1. The number of hydrogen-bond acceptors (Lipinski definition) is 6. The smallest absolute Gasteiger partial charge is 0.472 e. The maximum atomic E-state index is 11.4. The van der Waals surface area contributed by atoms with Crippen molar-refractivity contribution in [3.8, 4) is 0 Å². The summed E-state index contributed by atoms with van der Waals surface area (Å²) in [6.45, 7) is 5.73. The molecule has 1 radical (unpaired) electrons. The van der Waals surface area contributed by atoms with E-state index in [0.29, 0.717) is 19.4 Å². The van der Waals surface area contributed by atoms with Crippen molar-refractivity contribution in [2.24, 2.45) is 0 Å². The molecular formula is C12H24NO7PUV-2. The van der Waals surface area contributed by atoms with Crippen LogP contribution in [0.4, 0.5) is 0 Å². The summed E-state index contributed by atoms with van der Waals surface area (Å²) < 4.78 is 31.2. The van der Waals surface area contributed by atoms with Gasteiger partial charge in [0, 0.05) is 76.0 Å². The van der Waals surface area contributed by atoms with Crippen LogP contribution in [-0.2, 0) is 46.4 Å². The standard InChI is InChI=1S/C12H24NO7P.U.V/c1-4-6-19-21(15,16)20-9-12(13-10-14)8-18-7-5-11(2)17-3;;/h11-12H,1,4-9H2,2-3H3,(H,13,14)(H,15,16);;/q-2;;. The fourth-order valence-corrected chi connectivity index (χ4v) is 2.01. The molecule has 135 valence electrons. The molecule has 0 saturated carbocycles. The molecular weight excluding hydrogens is 590 g/mol. The molecule has 23 heavy (non-hydrogen) atoms. The Bertz CT molecular complexity index is 328. The van der Waals surface area contributed by atoms with Crippen molar-refractivity contribution in [1.29, 1.82) is 0 Å². The third-order valence-electron chi connectivity index (χ3n) is 2.49. The zero-order valence-corrected chi connectivity index (χ0v) is 19.9. The Morgan fingerprint density at radius 1 is 1.30 bits per heavy atom. The van der Waals surface area contributed by atoms with E-state index in [0.717, 1.165) is 0 Å². The molecule has 3 atom stereocenters. The van der Waals surface area contributed by atoms with Crippen LogP contribution in [0.5, 0.6) is 0 Å². The molecule has 0 rings (SSSR count). The number of carbonyl (C=O) groups excluding carboxylic acids is 1. The SMILES string of the molecule is [CH2-]CCOP(=O)(O)OCC(COCCC(C)OC)N[C-]=O.[U].[V]. The molecule has 11 heteroatoms. The fourth-order valence-electron chi connectivity index (χ4n) is 1.21. The van der Waals surface area contributed by atoms with Crippen LogP contribution in [-0.4, -0.2) is 57.0 Å². The first kappa shape index (κ1) is 28.9. The van der Waals surface area contributed by atoms with Crippen LogP contribution in [0, 0.1) is 38.0 Å². The van der Waals surface area contributed by atoms with Gasteiger partial charge < -0.3 is 31.4 Å². The molecule has 0 aromatic carbocycles. The van der Waals surface area contributed by atoms with Gasteiger partial charge in [-0.1, -0.05) is 0 Å². The van der Waals surface area contributed by atoms with E-state index in [4.69, 9.17) is 14.0 Å². The normalized spacial score (nSPS) is 15.5. The number of nitrogens with one attached hydrogen (secondary N) is 1. The quantitative estimate of drug-likeness (QED) is 0.129. The summed E-state index contributed by atoms with van der Waals surface area (Å²) in [6, 6.07) is -0.593. The van der Waals surface area contributed by atoms with Gasteiger partial charge in [0.2, 0.25) is 0 Å². The third-order valence-corrected chi connectivity index (χ3v) is 3.48. The molecule has 0 aliphatic carbocycles. The Balaban J connectivity index is -0.00000200. The van der Waals surface area contributed by atoms with Gasteiger partial charge in [0.05, 0.1) is 19.3 Å². The van der Waals surface area contributed by atoms with Crippen molar-refractivity contribution < 1.29 is 82.4 Å². The molecule has 3 unspecified atom stereocenters. The molecule has 1 amide bonds. The molecule has 2 N–H and O–H groups in total. The molecule has 0 aromatic rings. The summed E-state index contributed by atoms with van der Waals surface area (Å²) in [6.07, 6.45) is 2.61. The van der Waals surface area contributed by atoms with Gasteiger partial charge in [0.25, 0.3) is 0 Å². The van der Waals surface area contributed by atoms with Gasteiger partial charge in [-0.3, -0.25) is 9.05 Å². The van der Waals surface area contributed by atoms with Crippen molar-refractivity contribution in [3.05, 3.63) is 6.92 Å². The van der Waals surface area contributed by atoms with E-state index in [1.54, 1.807) is 7.11 Å². The number of rotatable bonds is 14. The zero-order valence-electron chi connectivity index (χ0n) is 13.4. The van der Waals surface area contributed by atoms with Gasteiger partial charge in [-0.05, 0) is 13.3 Å². The van der Waals surface area contributed by atoms with Gasteiger partial charge in [-0.25, -0.2) is 4.57 Å². The molecule has 8 nitrogen and oxygen atoms in total. The van der Waals surface area contributed by atoms with Crippen LogP contribution in [0.3, 0.4) is 0 Å². The fraction of sp³-hybridized carbons (Fsp3) is 0.833. The van der Waals surface area contributed by atoms with Crippen molar-refractivity contribution in [3.63, 3.8) is 0 Å². The number of hydrogen-bond donors (Lipinski definition) is 2. The summed E-state index contributed by atoms with van der Waals surface area (Å²) in [4.78, 5) is 19.7. The van der Waals surface area contributed by atoms with E-state index in [1.165, 1.54) is 6.41 Å². The Labute approximate surface area is 173 Å². The van der Waals surface area contributed by atoms with Crippen LogP contribution in [0.1, 0.15) is 19.8 Å². The second-order valence-corrected chi connectivity index (χ2v) is 5.76. The Morgan fingerprint density at radius 3 is 2.48 bits per heavy atom. The van der Waals surface area contributed by atoms with Crippen LogP contribution in [0.15, 0.2) is 0 Å². The predicted octanol–water partition coefficient (Wildman–Crippen LogP) is 0.809. The van der Waals surface area contributed by atoms with Gasteiger partial charge in [0.1, 0.15) is 0 Å². The van der Waals surface area contributed by atoms with Gasteiger partial charge in [0.15, 0.2) is 0 Å². The Hall–Kier alpha value is 1.14. The molecule has 0 heterocycles. The average Bonchev–Trinajstić information content (AvgIpc) is 2.46. The first-order valence-corrected chi connectivity index (χ1v) is 8.09. The third kappa shape index (κ3) is 17.7. The van der Waals surface area contributed by atoms with Crippen LogP contribution < -0.4 is 5.32 Å². The molecule has 0 aliphatic heterocycles. The summed E-state index contributed by atoms with van der Waals surface area (Å²) in [5.74, 6) is 0. The summed E-state index contributed by atoms with van der Waals surface area (Å²) in [7, 11) is -2.53. The average molecular weight is 614 g/mol. The molecule has 0 bridgehead atoms. The zero-order chi connectivity index (χ0) is 16.1. The molecule has 0 aliphatic rings. The largest absolute Gasteiger partial charge is 0.524 e. The van der Waals surface area contributed by atoms with Gasteiger partial charge in [-0.15, -0.1) is 0 Å². The Kier molecular flexibility index (Phi) is 22.6. The summed E-state index contributed by atoms with van der Waals surface area (Å²) >= 11 is 0. The Morgan fingerprint density at radius 2 is 1.96 bits per heavy atom. The van der Waals surface area contributed by atoms with Crippen LogP contribution in [0.2, 0.25) is 0 Å². The van der Waals surface area contributed by atoms with Crippen LogP contribution in [0.25, 0.3) is 0 Å². The van der Waals surface area contributed by atoms with E-state index in [-0.39, 0.29) is 75.6 Å². The van der Waals surface area contributed by atoms with E-state index in [2.05, 4.69) is 16.8 Å². The van der Waals surface area contributed by atoms with E-state index < -0.39 is 13.9 Å². The van der Waals surface area contributed by atoms with Gasteiger partial charge in [-0.2, -0.15) is 12.8 Å². The minimum absolute atomic E-state index is 0. The molecule has 0 saturated heterocycles. The molecule has 0 fully saturated rings. The van der Waals surface area contributed by atoms with E-state index in [9.17, 15) is 14.3 Å². The van der Waals surface area contributed by atoms with Crippen molar-refractivity contribution in [2.75, 3.05) is 33.5 Å². The van der Waals surface area contributed by atoms with Crippen molar-refractivity contribution >= 4 is 14.2 Å². The molecule has 0 spiro atoms. The number of phosphoric ester groups is 1. The monoisotopic (exact) mass is 614 g/mol. The summed E-state index contributed by atoms with van der Waals surface area (Å²) in [5, 5.41) is 2.33. The number of phosphoric acid groups is 1. The predicted molar refractivity (Wildman–Crippen MR) is 76.2 cm³/mol. The maximum Gasteiger partial charge on any atom is 0.472 e. The van der Waals surface area contributed by atoms with E-state index in [1.807, 2.05) is 6.92 Å². The first-order chi connectivity index (χ1) is 9.95. The first-order valence-electron chi connectivity index (χ1n) is 6.59. The van der Waals surface area contributed by atoms with Crippen LogP contribution >= 0.6 is 7.82 Å². The summed E-state index contributed by atoms with van der Waals surface area (Å²) in [5.41, 5.74) is 0. The van der Waals surface area contributed by atoms with Crippen molar-refractivity contribution in [1.82, 2.24) is 5.32 Å². The van der Waals surface area contributed by atoms with Crippen molar-refractivity contribution in [2.45, 2.75) is 31.9 Å². The second kappa shape index (κ2) is 17.9. The minimum Gasteiger partial charge on any atom is -0.524 e. The molecule has 0 aromatic heterocycles. The van der Waals surface area contributed by atoms with Gasteiger partial charge >= 0.3 is 7.82 Å².